The van der Waals surface area contributed by atoms with Crippen LogP contribution < -0.4 is 4.90 Å². The monoisotopic (exact) mass is 258 g/mol. The second kappa shape index (κ2) is 4.61. The van der Waals surface area contributed by atoms with E-state index in [-0.39, 0.29) is 5.91 Å². The summed E-state index contributed by atoms with van der Waals surface area (Å²) in [5.74, 6) is 0.167. The van der Waals surface area contributed by atoms with Crippen molar-refractivity contribution in [2.75, 3.05) is 31.1 Å². The first kappa shape index (κ1) is 12.1. The highest BCUT2D eigenvalue weighted by molar-refractivity contribution is 5.84. The second-order valence-electron chi connectivity index (χ2n) is 5.09. The zero-order valence-electron chi connectivity index (χ0n) is 11.3. The van der Waals surface area contributed by atoms with Crippen molar-refractivity contribution in [1.29, 1.82) is 0 Å². The highest BCUT2D eigenvalue weighted by Crippen LogP contribution is 2.26. The molecule has 1 aliphatic heterocycles. The van der Waals surface area contributed by atoms with E-state index < -0.39 is 0 Å². The SMILES string of the molecule is CC(=O)N1CCN(c2ccc3occ(C)c3c2)CC1. The van der Waals surface area contributed by atoms with Gasteiger partial charge in [0.1, 0.15) is 5.58 Å². The van der Waals surface area contributed by atoms with Gasteiger partial charge in [0, 0.05) is 44.2 Å². The molecule has 0 unspecified atom stereocenters. The molecule has 0 atom stereocenters. The van der Waals surface area contributed by atoms with Crippen LogP contribution in [0.1, 0.15) is 12.5 Å². The van der Waals surface area contributed by atoms with Gasteiger partial charge in [-0.25, -0.2) is 0 Å². The van der Waals surface area contributed by atoms with Crippen molar-refractivity contribution >= 4 is 22.6 Å². The number of piperazine rings is 1. The molecular weight excluding hydrogens is 240 g/mol. The molecule has 1 aromatic carbocycles. The maximum atomic E-state index is 11.3. The van der Waals surface area contributed by atoms with E-state index in [4.69, 9.17) is 4.42 Å². The molecular formula is C15H18N2O2. The van der Waals surface area contributed by atoms with Gasteiger partial charge in [0.15, 0.2) is 0 Å². The number of fused-ring (bicyclic) bond motifs is 1. The van der Waals surface area contributed by atoms with Gasteiger partial charge < -0.3 is 14.2 Å². The predicted octanol–water partition coefficient (Wildman–Crippen LogP) is 2.41. The van der Waals surface area contributed by atoms with E-state index in [1.165, 1.54) is 16.6 Å². The van der Waals surface area contributed by atoms with Crippen molar-refractivity contribution in [2.45, 2.75) is 13.8 Å². The summed E-state index contributed by atoms with van der Waals surface area (Å²) in [7, 11) is 0. The molecule has 19 heavy (non-hydrogen) atoms. The third kappa shape index (κ3) is 2.18. The average Bonchev–Trinajstić information content (AvgIpc) is 2.80. The molecule has 4 nitrogen and oxygen atoms in total. The minimum absolute atomic E-state index is 0.167. The number of furan rings is 1. The van der Waals surface area contributed by atoms with Gasteiger partial charge in [-0.2, -0.15) is 0 Å². The Kier molecular flexibility index (Phi) is 2.93. The fourth-order valence-corrected chi connectivity index (χ4v) is 2.62. The van der Waals surface area contributed by atoms with Crippen LogP contribution in [-0.4, -0.2) is 37.0 Å². The number of rotatable bonds is 1. The highest BCUT2D eigenvalue weighted by atomic mass is 16.3. The maximum absolute atomic E-state index is 11.3. The largest absolute Gasteiger partial charge is 0.464 e. The first-order valence-corrected chi connectivity index (χ1v) is 6.63. The van der Waals surface area contributed by atoms with E-state index >= 15 is 0 Å². The quantitative estimate of drug-likeness (QED) is 0.788. The number of hydrogen-bond acceptors (Lipinski definition) is 3. The summed E-state index contributed by atoms with van der Waals surface area (Å²) in [6.07, 6.45) is 1.79. The smallest absolute Gasteiger partial charge is 0.219 e. The molecule has 100 valence electrons. The van der Waals surface area contributed by atoms with Crippen LogP contribution in [0.4, 0.5) is 5.69 Å². The Bertz CT molecular complexity index is 610. The van der Waals surface area contributed by atoms with Crippen LogP contribution in [0.2, 0.25) is 0 Å². The lowest BCUT2D eigenvalue weighted by molar-refractivity contribution is -0.129. The number of carbonyl (C=O) groups excluding carboxylic acids is 1. The summed E-state index contributed by atoms with van der Waals surface area (Å²) in [5, 5.41) is 1.17. The van der Waals surface area contributed by atoms with Crippen LogP contribution in [0.15, 0.2) is 28.9 Å². The molecule has 1 saturated heterocycles. The molecule has 1 aliphatic rings. The Morgan fingerprint density at radius 3 is 2.63 bits per heavy atom. The number of aryl methyl sites for hydroxylation is 1. The molecule has 0 spiro atoms. The van der Waals surface area contributed by atoms with Gasteiger partial charge in [0.25, 0.3) is 0 Å². The molecule has 0 N–H and O–H groups in total. The van der Waals surface area contributed by atoms with Gasteiger partial charge in [-0.3, -0.25) is 4.79 Å². The number of carbonyl (C=O) groups is 1. The van der Waals surface area contributed by atoms with E-state index in [0.717, 1.165) is 31.8 Å². The van der Waals surface area contributed by atoms with Crippen LogP contribution in [0, 0.1) is 6.92 Å². The standard InChI is InChI=1S/C15H18N2O2/c1-11-10-19-15-4-3-13(9-14(11)15)17-7-5-16(6-8-17)12(2)18/h3-4,9-10H,5-8H2,1-2H3. The molecule has 2 heterocycles. The van der Waals surface area contributed by atoms with E-state index in [1.54, 1.807) is 13.2 Å². The van der Waals surface area contributed by atoms with Crippen LogP contribution >= 0.6 is 0 Å². The number of hydrogen-bond donors (Lipinski definition) is 0. The molecule has 1 aromatic heterocycles. The van der Waals surface area contributed by atoms with Gasteiger partial charge in [0.2, 0.25) is 5.91 Å². The zero-order valence-corrected chi connectivity index (χ0v) is 11.3. The van der Waals surface area contributed by atoms with Crippen molar-refractivity contribution in [3.05, 3.63) is 30.0 Å². The maximum Gasteiger partial charge on any atom is 0.219 e. The Morgan fingerprint density at radius 1 is 1.21 bits per heavy atom. The highest BCUT2D eigenvalue weighted by Gasteiger charge is 2.19. The minimum atomic E-state index is 0.167. The van der Waals surface area contributed by atoms with Gasteiger partial charge in [0.05, 0.1) is 6.26 Å². The van der Waals surface area contributed by atoms with Gasteiger partial charge in [-0.1, -0.05) is 0 Å². The third-order valence-electron chi connectivity index (χ3n) is 3.84. The Balaban J connectivity index is 1.81. The summed E-state index contributed by atoms with van der Waals surface area (Å²) >= 11 is 0. The molecule has 0 radical (unpaired) electrons. The lowest BCUT2D eigenvalue weighted by Gasteiger charge is -2.35. The topological polar surface area (TPSA) is 36.7 Å². The van der Waals surface area contributed by atoms with E-state index in [9.17, 15) is 4.79 Å². The van der Waals surface area contributed by atoms with Crippen molar-refractivity contribution in [3.63, 3.8) is 0 Å². The number of amides is 1. The Labute approximate surface area is 112 Å². The van der Waals surface area contributed by atoms with Crippen LogP contribution in [-0.2, 0) is 4.79 Å². The zero-order chi connectivity index (χ0) is 13.4. The molecule has 4 heteroatoms. The van der Waals surface area contributed by atoms with Crippen LogP contribution in [0.3, 0.4) is 0 Å². The van der Waals surface area contributed by atoms with Gasteiger partial charge in [-0.05, 0) is 30.7 Å². The van der Waals surface area contributed by atoms with E-state index in [2.05, 4.69) is 24.0 Å². The molecule has 0 saturated carbocycles. The summed E-state index contributed by atoms with van der Waals surface area (Å²) in [5.41, 5.74) is 3.31. The van der Waals surface area contributed by atoms with Gasteiger partial charge in [-0.15, -0.1) is 0 Å². The fraction of sp³-hybridized carbons (Fsp3) is 0.400. The lowest BCUT2D eigenvalue weighted by Crippen LogP contribution is -2.48. The van der Waals surface area contributed by atoms with Crippen molar-refractivity contribution in [3.8, 4) is 0 Å². The van der Waals surface area contributed by atoms with Gasteiger partial charge >= 0.3 is 0 Å². The third-order valence-corrected chi connectivity index (χ3v) is 3.84. The minimum Gasteiger partial charge on any atom is -0.464 e. The number of benzene rings is 1. The number of anilines is 1. The summed E-state index contributed by atoms with van der Waals surface area (Å²) in [6, 6.07) is 6.29. The van der Waals surface area contributed by atoms with Crippen LogP contribution in [0.25, 0.3) is 11.0 Å². The first-order chi connectivity index (χ1) is 9.15. The Morgan fingerprint density at radius 2 is 1.95 bits per heavy atom. The molecule has 1 fully saturated rings. The molecule has 3 rings (SSSR count). The van der Waals surface area contributed by atoms with E-state index in [1.807, 2.05) is 11.0 Å². The molecule has 2 aromatic rings. The lowest BCUT2D eigenvalue weighted by atomic mass is 10.1. The summed E-state index contributed by atoms with van der Waals surface area (Å²) in [4.78, 5) is 15.5. The fourth-order valence-electron chi connectivity index (χ4n) is 2.62. The summed E-state index contributed by atoms with van der Waals surface area (Å²) < 4.78 is 5.47. The number of nitrogens with zero attached hydrogens (tertiary/aromatic N) is 2. The normalized spacial score (nSPS) is 16.1. The van der Waals surface area contributed by atoms with Crippen molar-refractivity contribution in [1.82, 2.24) is 4.90 Å². The molecule has 0 aliphatic carbocycles. The molecule has 0 bridgehead atoms. The first-order valence-electron chi connectivity index (χ1n) is 6.63. The predicted molar refractivity (Wildman–Crippen MR) is 75.4 cm³/mol. The molecule has 1 amide bonds. The van der Waals surface area contributed by atoms with Crippen molar-refractivity contribution in [2.24, 2.45) is 0 Å². The Hall–Kier alpha value is -1.97. The summed E-state index contributed by atoms with van der Waals surface area (Å²) in [6.45, 7) is 7.08. The van der Waals surface area contributed by atoms with E-state index in [0.29, 0.717) is 0 Å². The average molecular weight is 258 g/mol. The van der Waals surface area contributed by atoms with Crippen LogP contribution in [0.5, 0.6) is 0 Å². The van der Waals surface area contributed by atoms with Crippen molar-refractivity contribution < 1.29 is 9.21 Å². The second-order valence-corrected chi connectivity index (χ2v) is 5.09.